The summed E-state index contributed by atoms with van der Waals surface area (Å²) in [4.78, 5) is 11.2. The normalized spacial score (nSPS) is 26.6. The fraction of sp³-hybridized carbons (Fsp3) is 0.500. The molecule has 2 N–H and O–H groups in total. The highest BCUT2D eigenvalue weighted by Crippen LogP contribution is 2.24. The Bertz CT molecular complexity index is 312. The molecule has 0 bridgehead atoms. The number of rotatable bonds is 3. The quantitative estimate of drug-likeness (QED) is 0.756. The Morgan fingerprint density at radius 1 is 1.71 bits per heavy atom. The van der Waals surface area contributed by atoms with E-state index in [1.165, 1.54) is 0 Å². The predicted molar refractivity (Wildman–Crippen MR) is 50.0 cm³/mol. The summed E-state index contributed by atoms with van der Waals surface area (Å²) >= 11 is 0. The van der Waals surface area contributed by atoms with Gasteiger partial charge in [-0.3, -0.25) is 4.79 Å². The van der Waals surface area contributed by atoms with Gasteiger partial charge in [-0.2, -0.15) is 0 Å². The third-order valence-corrected chi connectivity index (χ3v) is 2.74. The van der Waals surface area contributed by atoms with Gasteiger partial charge in [-0.05, 0) is 31.0 Å². The lowest BCUT2D eigenvalue weighted by atomic mass is 9.90. The molecule has 1 aliphatic rings. The van der Waals surface area contributed by atoms with Crippen molar-refractivity contribution in [2.24, 2.45) is 0 Å². The maximum Gasteiger partial charge on any atom is 0.324 e. The van der Waals surface area contributed by atoms with Crippen LogP contribution < -0.4 is 5.32 Å². The number of hydrogen-bond donors (Lipinski definition) is 2. The highest BCUT2D eigenvalue weighted by atomic mass is 16.4. The van der Waals surface area contributed by atoms with Gasteiger partial charge in [0.2, 0.25) is 0 Å². The van der Waals surface area contributed by atoms with Gasteiger partial charge < -0.3 is 14.8 Å². The second kappa shape index (κ2) is 3.46. The molecule has 4 nitrogen and oxygen atoms in total. The first kappa shape index (κ1) is 9.27. The minimum Gasteiger partial charge on any atom is -0.480 e. The summed E-state index contributed by atoms with van der Waals surface area (Å²) in [7, 11) is 0. The minimum absolute atomic E-state index is 0.499. The maximum absolute atomic E-state index is 11.2. The Kier molecular flexibility index (Phi) is 2.29. The van der Waals surface area contributed by atoms with E-state index < -0.39 is 11.5 Å². The number of nitrogens with one attached hydrogen (secondary N) is 1. The molecule has 1 aromatic heterocycles. The van der Waals surface area contributed by atoms with Crippen LogP contribution in [0.15, 0.2) is 23.0 Å². The van der Waals surface area contributed by atoms with Gasteiger partial charge in [0.05, 0.1) is 12.5 Å². The molecule has 2 rings (SSSR count). The second-order valence-electron chi connectivity index (χ2n) is 3.73. The molecular weight excluding hydrogens is 182 g/mol. The molecule has 0 saturated carbocycles. The van der Waals surface area contributed by atoms with Gasteiger partial charge in [0, 0.05) is 6.42 Å². The van der Waals surface area contributed by atoms with Gasteiger partial charge in [-0.25, -0.2) is 0 Å². The predicted octanol–water partition coefficient (Wildman–Crippen LogP) is 1.03. The van der Waals surface area contributed by atoms with E-state index in [9.17, 15) is 4.79 Å². The fourth-order valence-corrected chi connectivity index (χ4v) is 1.96. The standard InChI is InChI=1S/C10H13NO3/c12-9(13)10(3-1-4-11-10)6-8-2-5-14-7-8/h2,5,7,11H,1,3-4,6H2,(H,12,13). The number of furan rings is 1. The summed E-state index contributed by atoms with van der Waals surface area (Å²) in [6.45, 7) is 0.782. The fourth-order valence-electron chi connectivity index (χ4n) is 1.96. The lowest BCUT2D eigenvalue weighted by molar-refractivity contribution is -0.144. The van der Waals surface area contributed by atoms with Crippen LogP contribution >= 0.6 is 0 Å². The van der Waals surface area contributed by atoms with Gasteiger partial charge in [-0.1, -0.05) is 0 Å². The Morgan fingerprint density at radius 3 is 3.07 bits per heavy atom. The van der Waals surface area contributed by atoms with Gasteiger partial charge in [0.1, 0.15) is 5.54 Å². The van der Waals surface area contributed by atoms with Crippen LogP contribution in [0.5, 0.6) is 0 Å². The van der Waals surface area contributed by atoms with Crippen molar-refractivity contribution in [3.05, 3.63) is 24.2 Å². The van der Waals surface area contributed by atoms with Crippen molar-refractivity contribution in [2.45, 2.75) is 24.8 Å². The lowest BCUT2D eigenvalue weighted by Crippen LogP contribution is -2.49. The van der Waals surface area contributed by atoms with Crippen LogP contribution in [0.25, 0.3) is 0 Å². The molecule has 1 saturated heterocycles. The maximum atomic E-state index is 11.2. The molecule has 4 heteroatoms. The molecule has 0 aliphatic carbocycles. The van der Waals surface area contributed by atoms with Crippen LogP contribution in [0.3, 0.4) is 0 Å². The number of aliphatic carboxylic acids is 1. The van der Waals surface area contributed by atoms with Crippen molar-refractivity contribution >= 4 is 5.97 Å². The van der Waals surface area contributed by atoms with Gasteiger partial charge in [-0.15, -0.1) is 0 Å². The van der Waals surface area contributed by atoms with Crippen LogP contribution in [0.2, 0.25) is 0 Å². The molecule has 0 aromatic carbocycles. The molecule has 14 heavy (non-hydrogen) atoms. The topological polar surface area (TPSA) is 62.5 Å². The minimum atomic E-state index is -0.774. The monoisotopic (exact) mass is 195 g/mol. The third-order valence-electron chi connectivity index (χ3n) is 2.74. The lowest BCUT2D eigenvalue weighted by Gasteiger charge is -2.23. The largest absolute Gasteiger partial charge is 0.480 e. The van der Waals surface area contributed by atoms with E-state index in [1.54, 1.807) is 12.5 Å². The molecule has 1 unspecified atom stereocenters. The third kappa shape index (κ3) is 1.53. The molecule has 76 valence electrons. The Hall–Kier alpha value is -1.29. The SMILES string of the molecule is O=C(O)C1(Cc2ccoc2)CCCN1. The van der Waals surface area contributed by atoms with Crippen LogP contribution in [0.4, 0.5) is 0 Å². The molecule has 1 atom stereocenters. The molecule has 2 heterocycles. The highest BCUT2D eigenvalue weighted by molar-refractivity contribution is 5.79. The number of carboxylic acid groups (broad SMARTS) is 1. The summed E-state index contributed by atoms with van der Waals surface area (Å²) in [5.41, 5.74) is 0.158. The Balaban J connectivity index is 2.16. The van der Waals surface area contributed by atoms with Crippen molar-refractivity contribution in [3.8, 4) is 0 Å². The Labute approximate surface area is 81.9 Å². The van der Waals surface area contributed by atoms with Crippen LogP contribution in [-0.2, 0) is 11.2 Å². The Morgan fingerprint density at radius 2 is 2.57 bits per heavy atom. The summed E-state index contributed by atoms with van der Waals surface area (Å²) in [6, 6.07) is 1.81. The van der Waals surface area contributed by atoms with E-state index in [0.717, 1.165) is 18.5 Å². The molecule has 0 spiro atoms. The second-order valence-corrected chi connectivity index (χ2v) is 3.73. The van der Waals surface area contributed by atoms with Crippen LogP contribution in [0, 0.1) is 0 Å². The van der Waals surface area contributed by atoms with Crippen molar-refractivity contribution in [1.29, 1.82) is 0 Å². The summed E-state index contributed by atoms with van der Waals surface area (Å²) < 4.78 is 4.93. The molecule has 0 radical (unpaired) electrons. The van der Waals surface area contributed by atoms with Crippen molar-refractivity contribution in [2.75, 3.05) is 6.54 Å². The molecular formula is C10H13NO3. The average molecular weight is 195 g/mol. The molecule has 0 amide bonds. The summed E-state index contributed by atoms with van der Waals surface area (Å²) in [5, 5.41) is 12.2. The first-order chi connectivity index (χ1) is 6.73. The summed E-state index contributed by atoms with van der Waals surface area (Å²) in [5.74, 6) is -0.767. The number of carboxylic acids is 1. The van der Waals surface area contributed by atoms with Crippen molar-refractivity contribution in [3.63, 3.8) is 0 Å². The van der Waals surface area contributed by atoms with E-state index in [4.69, 9.17) is 9.52 Å². The van der Waals surface area contributed by atoms with E-state index >= 15 is 0 Å². The zero-order valence-electron chi connectivity index (χ0n) is 7.82. The van der Waals surface area contributed by atoms with E-state index in [2.05, 4.69) is 5.32 Å². The van der Waals surface area contributed by atoms with E-state index in [-0.39, 0.29) is 0 Å². The van der Waals surface area contributed by atoms with Gasteiger partial charge in [0.15, 0.2) is 0 Å². The van der Waals surface area contributed by atoms with E-state index in [0.29, 0.717) is 12.8 Å². The van der Waals surface area contributed by atoms with Crippen LogP contribution in [0.1, 0.15) is 18.4 Å². The first-order valence-electron chi connectivity index (χ1n) is 4.72. The average Bonchev–Trinajstić information content (AvgIpc) is 2.76. The number of hydrogen-bond acceptors (Lipinski definition) is 3. The van der Waals surface area contributed by atoms with Gasteiger partial charge >= 0.3 is 5.97 Å². The van der Waals surface area contributed by atoms with E-state index in [1.807, 2.05) is 6.07 Å². The van der Waals surface area contributed by atoms with Crippen molar-refractivity contribution < 1.29 is 14.3 Å². The zero-order chi connectivity index (χ0) is 10.0. The first-order valence-corrected chi connectivity index (χ1v) is 4.72. The smallest absolute Gasteiger partial charge is 0.324 e. The molecule has 1 fully saturated rings. The van der Waals surface area contributed by atoms with Gasteiger partial charge in [0.25, 0.3) is 0 Å². The molecule has 1 aromatic rings. The zero-order valence-corrected chi connectivity index (χ0v) is 7.82. The summed E-state index contributed by atoms with van der Waals surface area (Å²) in [6.07, 6.45) is 5.28. The number of carbonyl (C=O) groups is 1. The van der Waals surface area contributed by atoms with Crippen LogP contribution in [-0.4, -0.2) is 23.2 Å². The van der Waals surface area contributed by atoms with Crippen molar-refractivity contribution in [1.82, 2.24) is 5.32 Å². The highest BCUT2D eigenvalue weighted by Gasteiger charge is 2.41. The molecule has 1 aliphatic heterocycles.